The first-order valence-electron chi connectivity index (χ1n) is 6.17. The fourth-order valence-corrected chi connectivity index (χ4v) is 2.27. The minimum Gasteiger partial charge on any atom is -0.363 e. The van der Waals surface area contributed by atoms with Crippen LogP contribution in [-0.2, 0) is 0 Å². The van der Waals surface area contributed by atoms with Gasteiger partial charge < -0.3 is 15.2 Å². The Morgan fingerprint density at radius 2 is 2.20 bits per heavy atom. The van der Waals surface area contributed by atoms with Crippen molar-refractivity contribution in [3.05, 3.63) is 38.9 Å². The molecule has 1 fully saturated rings. The second-order valence-corrected chi connectivity index (χ2v) is 4.77. The van der Waals surface area contributed by atoms with Crippen LogP contribution >= 0.6 is 0 Å². The highest BCUT2D eigenvalue weighted by atomic mass is 16.6. The van der Waals surface area contributed by atoms with Crippen LogP contribution in [0.15, 0.2) is 23.3 Å². The average Bonchev–Trinajstić information content (AvgIpc) is 2.35. The van der Waals surface area contributed by atoms with E-state index in [-0.39, 0.29) is 22.7 Å². The number of benzene rings is 1. The summed E-state index contributed by atoms with van der Waals surface area (Å²) >= 11 is 0. The van der Waals surface area contributed by atoms with Crippen LogP contribution in [0.4, 0.5) is 11.4 Å². The quantitative estimate of drug-likeness (QED) is 0.614. The van der Waals surface area contributed by atoms with Crippen molar-refractivity contribution in [3.63, 3.8) is 0 Å². The molecule has 0 spiro atoms. The molecule has 8 nitrogen and oxygen atoms in total. The SMILES string of the molecule is CN(c1cc2nc[nH]c(=O)c2cc1[N+](=O)[O-])C1CNC1. The zero-order valence-corrected chi connectivity index (χ0v) is 10.8. The van der Waals surface area contributed by atoms with Gasteiger partial charge in [-0.2, -0.15) is 0 Å². The van der Waals surface area contributed by atoms with Gasteiger partial charge in [-0.25, -0.2) is 4.98 Å². The van der Waals surface area contributed by atoms with Gasteiger partial charge in [0.2, 0.25) is 0 Å². The lowest BCUT2D eigenvalue weighted by Gasteiger charge is -2.36. The van der Waals surface area contributed by atoms with Gasteiger partial charge in [-0.3, -0.25) is 14.9 Å². The van der Waals surface area contributed by atoms with Crippen molar-refractivity contribution in [2.24, 2.45) is 0 Å². The molecule has 2 aromatic rings. The van der Waals surface area contributed by atoms with Crippen LogP contribution in [-0.4, -0.2) is 41.1 Å². The van der Waals surface area contributed by atoms with E-state index in [2.05, 4.69) is 15.3 Å². The van der Waals surface area contributed by atoms with E-state index in [0.717, 1.165) is 13.1 Å². The van der Waals surface area contributed by atoms with E-state index in [4.69, 9.17) is 0 Å². The van der Waals surface area contributed by atoms with Crippen LogP contribution < -0.4 is 15.8 Å². The number of anilines is 1. The zero-order chi connectivity index (χ0) is 14.3. The van der Waals surface area contributed by atoms with Gasteiger partial charge in [-0.05, 0) is 6.07 Å². The number of nitrogens with one attached hydrogen (secondary N) is 2. The van der Waals surface area contributed by atoms with Crippen LogP contribution in [0.2, 0.25) is 0 Å². The smallest absolute Gasteiger partial charge is 0.293 e. The number of aromatic nitrogens is 2. The summed E-state index contributed by atoms with van der Waals surface area (Å²) in [5, 5.41) is 14.6. The molecule has 0 amide bonds. The molecule has 0 radical (unpaired) electrons. The average molecular weight is 275 g/mol. The number of hydrogen-bond acceptors (Lipinski definition) is 6. The van der Waals surface area contributed by atoms with Gasteiger partial charge in [0.25, 0.3) is 11.2 Å². The van der Waals surface area contributed by atoms with Gasteiger partial charge in [0, 0.05) is 26.2 Å². The topological polar surface area (TPSA) is 104 Å². The zero-order valence-electron chi connectivity index (χ0n) is 10.8. The molecule has 0 bridgehead atoms. The number of nitrogens with zero attached hydrogens (tertiary/aromatic N) is 3. The van der Waals surface area contributed by atoms with E-state index in [1.807, 2.05) is 11.9 Å². The van der Waals surface area contributed by atoms with Gasteiger partial charge in [0.15, 0.2) is 0 Å². The number of fused-ring (bicyclic) bond motifs is 1. The van der Waals surface area contributed by atoms with E-state index in [1.165, 1.54) is 12.4 Å². The van der Waals surface area contributed by atoms with E-state index < -0.39 is 4.92 Å². The van der Waals surface area contributed by atoms with Crippen LogP contribution in [0.25, 0.3) is 10.9 Å². The first-order valence-corrected chi connectivity index (χ1v) is 6.17. The molecule has 1 aliphatic rings. The van der Waals surface area contributed by atoms with Gasteiger partial charge >= 0.3 is 0 Å². The van der Waals surface area contributed by atoms with Crippen molar-refractivity contribution in [1.29, 1.82) is 0 Å². The Bertz CT molecular complexity index is 737. The minimum absolute atomic E-state index is 0.0783. The van der Waals surface area contributed by atoms with Gasteiger partial charge in [-0.15, -0.1) is 0 Å². The molecule has 2 N–H and O–H groups in total. The molecule has 0 saturated carbocycles. The largest absolute Gasteiger partial charge is 0.363 e. The Labute approximate surface area is 113 Å². The van der Waals surface area contributed by atoms with Gasteiger partial charge in [0.05, 0.1) is 28.2 Å². The minimum atomic E-state index is -0.468. The Morgan fingerprint density at radius 3 is 2.80 bits per heavy atom. The Morgan fingerprint density at radius 1 is 1.45 bits per heavy atom. The number of likely N-dealkylation sites (N-methyl/N-ethyl adjacent to an activating group) is 1. The molecule has 1 aliphatic heterocycles. The highest BCUT2D eigenvalue weighted by Crippen LogP contribution is 2.32. The van der Waals surface area contributed by atoms with Crippen molar-refractivity contribution in [2.45, 2.75) is 6.04 Å². The third kappa shape index (κ3) is 1.90. The maximum Gasteiger partial charge on any atom is 0.293 e. The molecule has 0 atom stereocenters. The first-order chi connectivity index (χ1) is 9.58. The molecule has 1 aromatic heterocycles. The number of rotatable bonds is 3. The summed E-state index contributed by atoms with van der Waals surface area (Å²) in [6.45, 7) is 1.57. The van der Waals surface area contributed by atoms with Gasteiger partial charge in [-0.1, -0.05) is 0 Å². The lowest BCUT2D eigenvalue weighted by atomic mass is 10.1. The molecule has 3 rings (SSSR count). The fourth-order valence-electron chi connectivity index (χ4n) is 2.27. The molecular weight excluding hydrogens is 262 g/mol. The van der Waals surface area contributed by atoms with E-state index in [0.29, 0.717) is 11.2 Å². The third-order valence-electron chi connectivity index (χ3n) is 3.62. The molecule has 104 valence electrons. The first kappa shape index (κ1) is 12.5. The predicted molar refractivity (Wildman–Crippen MR) is 74.1 cm³/mol. The second kappa shape index (κ2) is 4.57. The number of hydrogen-bond donors (Lipinski definition) is 2. The number of nitro benzene ring substituents is 1. The molecule has 1 saturated heterocycles. The molecule has 20 heavy (non-hydrogen) atoms. The Kier molecular flexibility index (Phi) is 2.87. The lowest BCUT2D eigenvalue weighted by molar-refractivity contribution is -0.384. The number of aromatic amines is 1. The molecule has 1 aromatic carbocycles. The monoisotopic (exact) mass is 275 g/mol. The molecular formula is C12H13N5O3. The van der Waals surface area contributed by atoms with Crippen LogP contribution in [0, 0.1) is 10.1 Å². The maximum absolute atomic E-state index is 11.7. The Balaban J connectivity index is 2.21. The summed E-state index contributed by atoms with van der Waals surface area (Å²) in [7, 11) is 1.81. The number of nitro groups is 1. The molecule has 8 heteroatoms. The summed E-state index contributed by atoms with van der Waals surface area (Å²) < 4.78 is 0. The Hall–Kier alpha value is -2.48. The highest BCUT2D eigenvalue weighted by molar-refractivity contribution is 5.87. The number of H-pyrrole nitrogens is 1. The van der Waals surface area contributed by atoms with E-state index in [1.54, 1.807) is 6.07 Å². The highest BCUT2D eigenvalue weighted by Gasteiger charge is 2.27. The van der Waals surface area contributed by atoms with E-state index in [9.17, 15) is 14.9 Å². The summed E-state index contributed by atoms with van der Waals surface area (Å²) in [5.41, 5.74) is 0.476. The molecule has 0 unspecified atom stereocenters. The summed E-state index contributed by atoms with van der Waals surface area (Å²) in [4.78, 5) is 30.8. The van der Waals surface area contributed by atoms with Crippen molar-refractivity contribution in [2.75, 3.05) is 25.0 Å². The van der Waals surface area contributed by atoms with Gasteiger partial charge in [0.1, 0.15) is 5.69 Å². The fraction of sp³-hybridized carbons (Fsp3) is 0.333. The summed E-state index contributed by atoms with van der Waals surface area (Å²) in [6.07, 6.45) is 1.30. The van der Waals surface area contributed by atoms with Crippen molar-refractivity contribution >= 4 is 22.3 Å². The second-order valence-electron chi connectivity index (χ2n) is 4.77. The van der Waals surface area contributed by atoms with Crippen LogP contribution in [0.3, 0.4) is 0 Å². The van der Waals surface area contributed by atoms with Crippen LogP contribution in [0.1, 0.15) is 0 Å². The van der Waals surface area contributed by atoms with Crippen molar-refractivity contribution < 1.29 is 4.92 Å². The predicted octanol–water partition coefficient (Wildman–Crippen LogP) is 0.239. The third-order valence-corrected chi connectivity index (χ3v) is 3.62. The normalized spacial score (nSPS) is 15.1. The summed E-state index contributed by atoms with van der Waals surface area (Å²) in [6, 6.07) is 3.10. The standard InChI is InChI=1S/C12H13N5O3/c1-16(7-4-13-5-7)10-3-9-8(2-11(10)17(19)20)12(18)15-6-14-9/h2-3,6-7,13H,4-5H2,1H3,(H,14,15,18). The molecule has 0 aliphatic carbocycles. The lowest BCUT2D eigenvalue weighted by Crippen LogP contribution is -2.56. The maximum atomic E-state index is 11.7. The summed E-state index contributed by atoms with van der Waals surface area (Å²) in [5.74, 6) is 0. The van der Waals surface area contributed by atoms with E-state index >= 15 is 0 Å². The van der Waals surface area contributed by atoms with Crippen molar-refractivity contribution in [3.8, 4) is 0 Å². The molecule has 2 heterocycles. The van der Waals surface area contributed by atoms with Crippen molar-refractivity contribution in [1.82, 2.24) is 15.3 Å². The van der Waals surface area contributed by atoms with Crippen LogP contribution in [0.5, 0.6) is 0 Å².